The molecule has 2 aromatic rings. The first-order valence-electron chi connectivity index (χ1n) is 7.54. The first kappa shape index (κ1) is 15.4. The van der Waals surface area contributed by atoms with E-state index in [1.807, 2.05) is 38.1 Å². The van der Waals surface area contributed by atoms with E-state index in [1.54, 1.807) is 0 Å². The highest BCUT2D eigenvalue weighted by Crippen LogP contribution is 2.21. The Morgan fingerprint density at radius 3 is 2.67 bits per heavy atom. The third kappa shape index (κ3) is 4.48. The van der Waals surface area contributed by atoms with Gasteiger partial charge in [-0.1, -0.05) is 18.5 Å². The maximum absolute atomic E-state index is 5.42. The van der Waals surface area contributed by atoms with Crippen molar-refractivity contribution in [3.8, 4) is 5.75 Å². The molecular formula is C16H23N3O2. The monoisotopic (exact) mass is 289 g/mol. The normalized spacial score (nSPS) is 12.1. The van der Waals surface area contributed by atoms with Crippen LogP contribution in [0.3, 0.4) is 0 Å². The second-order valence-electron chi connectivity index (χ2n) is 4.98. The van der Waals surface area contributed by atoms with Crippen LogP contribution in [0.15, 0.2) is 28.8 Å². The van der Waals surface area contributed by atoms with E-state index in [0.29, 0.717) is 12.5 Å². The lowest BCUT2D eigenvalue weighted by Crippen LogP contribution is -2.07. The van der Waals surface area contributed by atoms with Crippen LogP contribution >= 0.6 is 0 Å². The molecule has 1 aromatic heterocycles. The van der Waals surface area contributed by atoms with Gasteiger partial charge in [0.25, 0.3) is 0 Å². The first-order valence-corrected chi connectivity index (χ1v) is 7.54. The van der Waals surface area contributed by atoms with E-state index in [9.17, 15) is 0 Å². The SMILES string of the molecule is CCCCc1noc(C(C)Nc2ccc(OCC)cc2)n1. The lowest BCUT2D eigenvalue weighted by molar-refractivity contribution is 0.340. The molecule has 1 N–H and O–H groups in total. The van der Waals surface area contributed by atoms with Crippen molar-refractivity contribution in [1.82, 2.24) is 10.1 Å². The van der Waals surface area contributed by atoms with E-state index < -0.39 is 0 Å². The molecule has 0 saturated carbocycles. The molecule has 114 valence electrons. The predicted molar refractivity (Wildman–Crippen MR) is 82.6 cm³/mol. The Labute approximate surface area is 125 Å². The summed E-state index contributed by atoms with van der Waals surface area (Å²) in [6.45, 7) is 6.80. The third-order valence-electron chi connectivity index (χ3n) is 3.16. The number of rotatable bonds is 8. The molecule has 5 heteroatoms. The third-order valence-corrected chi connectivity index (χ3v) is 3.16. The maximum atomic E-state index is 5.42. The molecule has 2 rings (SSSR count). The molecule has 1 unspecified atom stereocenters. The Morgan fingerprint density at radius 2 is 2.00 bits per heavy atom. The van der Waals surface area contributed by atoms with Gasteiger partial charge in [0.2, 0.25) is 5.89 Å². The summed E-state index contributed by atoms with van der Waals surface area (Å²) in [6, 6.07) is 7.83. The fourth-order valence-corrected chi connectivity index (χ4v) is 2.01. The fraction of sp³-hybridized carbons (Fsp3) is 0.500. The topological polar surface area (TPSA) is 60.2 Å². The highest BCUT2D eigenvalue weighted by molar-refractivity contribution is 5.47. The van der Waals surface area contributed by atoms with Crippen LogP contribution in [-0.2, 0) is 6.42 Å². The molecule has 21 heavy (non-hydrogen) atoms. The summed E-state index contributed by atoms with van der Waals surface area (Å²) in [4.78, 5) is 4.43. The molecule has 0 radical (unpaired) electrons. The molecule has 0 saturated heterocycles. The van der Waals surface area contributed by atoms with Crippen LogP contribution in [-0.4, -0.2) is 16.7 Å². The zero-order valence-corrected chi connectivity index (χ0v) is 12.9. The van der Waals surface area contributed by atoms with Gasteiger partial charge < -0.3 is 14.6 Å². The Hall–Kier alpha value is -2.04. The number of nitrogens with zero attached hydrogens (tertiary/aromatic N) is 2. The molecule has 0 aliphatic heterocycles. The molecule has 0 aliphatic rings. The molecule has 1 aromatic carbocycles. The Kier molecular flexibility index (Phi) is 5.60. The minimum absolute atomic E-state index is 0.0224. The molecule has 0 fully saturated rings. The first-order chi connectivity index (χ1) is 10.2. The smallest absolute Gasteiger partial charge is 0.248 e. The molecule has 0 bridgehead atoms. The number of benzene rings is 1. The summed E-state index contributed by atoms with van der Waals surface area (Å²) in [5.41, 5.74) is 0.999. The van der Waals surface area contributed by atoms with Gasteiger partial charge in [0.1, 0.15) is 11.8 Å². The lowest BCUT2D eigenvalue weighted by atomic mass is 10.2. The Bertz CT molecular complexity index is 537. The molecule has 0 aliphatic carbocycles. The van der Waals surface area contributed by atoms with Gasteiger partial charge in [0, 0.05) is 12.1 Å². The van der Waals surface area contributed by atoms with Gasteiger partial charge in [-0.15, -0.1) is 0 Å². The second kappa shape index (κ2) is 7.67. The summed E-state index contributed by atoms with van der Waals surface area (Å²) >= 11 is 0. The van der Waals surface area contributed by atoms with Crippen molar-refractivity contribution < 1.29 is 9.26 Å². The molecule has 0 amide bonds. The van der Waals surface area contributed by atoms with Crippen molar-refractivity contribution >= 4 is 5.69 Å². The van der Waals surface area contributed by atoms with Crippen molar-refractivity contribution in [3.05, 3.63) is 36.0 Å². The zero-order valence-electron chi connectivity index (χ0n) is 12.9. The zero-order chi connectivity index (χ0) is 15.1. The minimum atomic E-state index is -0.0224. The Morgan fingerprint density at radius 1 is 1.24 bits per heavy atom. The van der Waals surface area contributed by atoms with Crippen molar-refractivity contribution in [2.75, 3.05) is 11.9 Å². The van der Waals surface area contributed by atoms with E-state index in [0.717, 1.165) is 36.5 Å². The number of anilines is 1. The largest absolute Gasteiger partial charge is 0.494 e. The average molecular weight is 289 g/mol. The number of ether oxygens (including phenoxy) is 1. The highest BCUT2D eigenvalue weighted by Gasteiger charge is 2.13. The van der Waals surface area contributed by atoms with Crippen molar-refractivity contribution in [3.63, 3.8) is 0 Å². The van der Waals surface area contributed by atoms with Crippen LogP contribution in [0.2, 0.25) is 0 Å². The lowest BCUT2D eigenvalue weighted by Gasteiger charge is -2.11. The second-order valence-corrected chi connectivity index (χ2v) is 4.98. The number of aryl methyl sites for hydroxylation is 1. The van der Waals surface area contributed by atoms with Crippen molar-refractivity contribution in [2.24, 2.45) is 0 Å². The van der Waals surface area contributed by atoms with E-state index in [4.69, 9.17) is 9.26 Å². The van der Waals surface area contributed by atoms with Crippen LogP contribution in [0.1, 0.15) is 51.4 Å². The molecule has 5 nitrogen and oxygen atoms in total. The van der Waals surface area contributed by atoms with Gasteiger partial charge >= 0.3 is 0 Å². The summed E-state index contributed by atoms with van der Waals surface area (Å²) in [6.07, 6.45) is 3.08. The van der Waals surface area contributed by atoms with Crippen LogP contribution in [0.25, 0.3) is 0 Å². The van der Waals surface area contributed by atoms with Gasteiger partial charge in [-0.25, -0.2) is 0 Å². The average Bonchev–Trinajstić information content (AvgIpc) is 2.96. The summed E-state index contributed by atoms with van der Waals surface area (Å²) in [5, 5.41) is 7.35. The predicted octanol–water partition coefficient (Wildman–Crippen LogP) is 3.98. The minimum Gasteiger partial charge on any atom is -0.494 e. The Balaban J connectivity index is 1.93. The summed E-state index contributed by atoms with van der Waals surface area (Å²) < 4.78 is 10.7. The number of nitrogens with one attached hydrogen (secondary N) is 1. The van der Waals surface area contributed by atoms with E-state index in [2.05, 4.69) is 22.4 Å². The van der Waals surface area contributed by atoms with Crippen LogP contribution in [0, 0.1) is 0 Å². The number of aromatic nitrogens is 2. The summed E-state index contributed by atoms with van der Waals surface area (Å²) in [5.74, 6) is 2.28. The van der Waals surface area contributed by atoms with Crippen molar-refractivity contribution in [1.29, 1.82) is 0 Å². The fourth-order valence-electron chi connectivity index (χ4n) is 2.01. The standard InChI is InChI=1S/C16H23N3O2/c1-4-6-7-15-18-16(21-19-15)12(3)17-13-8-10-14(11-9-13)20-5-2/h8-12,17H,4-7H2,1-3H3. The van der Waals surface area contributed by atoms with Crippen LogP contribution < -0.4 is 10.1 Å². The number of unbranched alkanes of at least 4 members (excludes halogenated alkanes) is 1. The number of hydrogen-bond acceptors (Lipinski definition) is 5. The quantitative estimate of drug-likeness (QED) is 0.796. The van der Waals surface area contributed by atoms with Gasteiger partial charge in [-0.05, 0) is 44.5 Å². The van der Waals surface area contributed by atoms with Crippen molar-refractivity contribution in [2.45, 2.75) is 46.1 Å². The van der Waals surface area contributed by atoms with Gasteiger partial charge in [0.05, 0.1) is 6.61 Å². The maximum Gasteiger partial charge on any atom is 0.248 e. The van der Waals surface area contributed by atoms with Crippen LogP contribution in [0.4, 0.5) is 5.69 Å². The number of hydrogen-bond donors (Lipinski definition) is 1. The van der Waals surface area contributed by atoms with E-state index in [1.165, 1.54) is 0 Å². The molecule has 1 heterocycles. The van der Waals surface area contributed by atoms with E-state index >= 15 is 0 Å². The highest BCUT2D eigenvalue weighted by atomic mass is 16.5. The van der Waals surface area contributed by atoms with Gasteiger partial charge in [-0.2, -0.15) is 4.98 Å². The molecule has 0 spiro atoms. The molecular weight excluding hydrogens is 266 g/mol. The van der Waals surface area contributed by atoms with E-state index in [-0.39, 0.29) is 6.04 Å². The molecule has 1 atom stereocenters. The van der Waals surface area contributed by atoms with Crippen LogP contribution in [0.5, 0.6) is 5.75 Å². The van der Waals surface area contributed by atoms with Gasteiger partial charge in [0.15, 0.2) is 5.82 Å². The summed E-state index contributed by atoms with van der Waals surface area (Å²) in [7, 11) is 0. The van der Waals surface area contributed by atoms with Gasteiger partial charge in [-0.3, -0.25) is 0 Å².